The zero-order chi connectivity index (χ0) is 12.4. The maximum Gasteiger partial charge on any atom is 0.164 e. The Hall–Kier alpha value is -1.26. The molecule has 2 atom stereocenters. The number of hydrogen-bond donors (Lipinski definition) is 1. The molecule has 4 heteroatoms. The zero-order valence-electron chi connectivity index (χ0n) is 10.6. The molecule has 0 amide bonds. The lowest BCUT2D eigenvalue weighted by atomic mass is 9.94. The molecule has 0 aromatic heterocycles. The number of benzene rings is 1. The number of para-hydroxylation sites is 1. The molecule has 2 N–H and O–H groups in total. The smallest absolute Gasteiger partial charge is 0.164 e. The highest BCUT2D eigenvalue weighted by atomic mass is 16.5. The predicted octanol–water partition coefficient (Wildman–Crippen LogP) is 1.06. The van der Waals surface area contributed by atoms with Crippen LogP contribution < -0.4 is 15.2 Å². The summed E-state index contributed by atoms with van der Waals surface area (Å²) in [5.41, 5.74) is 7.32. The van der Waals surface area contributed by atoms with Crippen LogP contribution in [0.15, 0.2) is 18.2 Å². The van der Waals surface area contributed by atoms with Crippen LogP contribution in [0.1, 0.15) is 11.5 Å². The summed E-state index contributed by atoms with van der Waals surface area (Å²) in [6.07, 6.45) is 0. The SMILES string of the molecule is COc1cccc([C@@H]2CN(C)C[C@H]2N)c1OC. The third-order valence-electron chi connectivity index (χ3n) is 3.38. The summed E-state index contributed by atoms with van der Waals surface area (Å²) in [6.45, 7) is 1.88. The van der Waals surface area contributed by atoms with E-state index >= 15 is 0 Å². The summed E-state index contributed by atoms with van der Waals surface area (Å²) in [6, 6.07) is 6.13. The molecule has 1 aliphatic rings. The van der Waals surface area contributed by atoms with E-state index in [0.29, 0.717) is 5.92 Å². The van der Waals surface area contributed by atoms with Crippen LogP contribution in [0.4, 0.5) is 0 Å². The van der Waals surface area contributed by atoms with E-state index in [9.17, 15) is 0 Å². The van der Waals surface area contributed by atoms with Gasteiger partial charge in [-0.1, -0.05) is 12.1 Å². The molecule has 1 aromatic carbocycles. The summed E-state index contributed by atoms with van der Waals surface area (Å²) < 4.78 is 10.8. The van der Waals surface area contributed by atoms with Crippen molar-refractivity contribution in [2.45, 2.75) is 12.0 Å². The van der Waals surface area contributed by atoms with Crippen LogP contribution in [0.25, 0.3) is 0 Å². The van der Waals surface area contributed by atoms with Gasteiger partial charge in [-0.15, -0.1) is 0 Å². The van der Waals surface area contributed by atoms with Crippen molar-refractivity contribution in [1.29, 1.82) is 0 Å². The quantitative estimate of drug-likeness (QED) is 0.852. The van der Waals surface area contributed by atoms with Crippen LogP contribution in [0.5, 0.6) is 11.5 Å². The van der Waals surface area contributed by atoms with Crippen molar-refractivity contribution in [1.82, 2.24) is 4.90 Å². The molecule has 1 aliphatic heterocycles. The number of nitrogens with two attached hydrogens (primary N) is 1. The van der Waals surface area contributed by atoms with Gasteiger partial charge in [-0.3, -0.25) is 0 Å². The molecule has 0 unspecified atom stereocenters. The van der Waals surface area contributed by atoms with Crippen molar-refractivity contribution in [3.05, 3.63) is 23.8 Å². The molecule has 0 aliphatic carbocycles. The first-order chi connectivity index (χ1) is 8.17. The Morgan fingerprint density at radius 3 is 2.53 bits per heavy atom. The van der Waals surface area contributed by atoms with E-state index in [2.05, 4.69) is 18.0 Å². The van der Waals surface area contributed by atoms with Crippen molar-refractivity contribution >= 4 is 0 Å². The van der Waals surface area contributed by atoms with Crippen LogP contribution in [-0.2, 0) is 0 Å². The minimum atomic E-state index is 0.154. The van der Waals surface area contributed by atoms with E-state index in [1.165, 1.54) is 0 Å². The highest BCUT2D eigenvalue weighted by Crippen LogP contribution is 2.38. The number of nitrogens with zero attached hydrogens (tertiary/aromatic N) is 1. The van der Waals surface area contributed by atoms with Crippen molar-refractivity contribution in [3.8, 4) is 11.5 Å². The second kappa shape index (κ2) is 4.94. The third kappa shape index (κ3) is 2.23. The molecule has 0 radical (unpaired) electrons. The normalized spacial score (nSPS) is 24.9. The largest absolute Gasteiger partial charge is 0.493 e. The Morgan fingerprint density at radius 1 is 1.24 bits per heavy atom. The number of likely N-dealkylation sites (tertiary alicyclic amines) is 1. The summed E-state index contributed by atoms with van der Waals surface area (Å²) in [7, 11) is 5.42. The van der Waals surface area contributed by atoms with Crippen LogP contribution in [0.3, 0.4) is 0 Å². The van der Waals surface area contributed by atoms with Gasteiger partial charge in [-0.05, 0) is 13.1 Å². The molecule has 0 saturated carbocycles. The van der Waals surface area contributed by atoms with Crippen LogP contribution in [0, 0.1) is 0 Å². The summed E-state index contributed by atoms with van der Waals surface area (Å²) in [5, 5.41) is 0. The monoisotopic (exact) mass is 236 g/mol. The molecule has 17 heavy (non-hydrogen) atoms. The Morgan fingerprint density at radius 2 is 2.00 bits per heavy atom. The lowest BCUT2D eigenvalue weighted by molar-refractivity contribution is 0.348. The highest BCUT2D eigenvalue weighted by molar-refractivity contribution is 5.49. The number of likely N-dealkylation sites (N-methyl/N-ethyl adjacent to an activating group) is 1. The number of ether oxygens (including phenoxy) is 2. The molecule has 94 valence electrons. The second-order valence-corrected chi connectivity index (χ2v) is 4.57. The molecule has 1 fully saturated rings. The molecule has 0 spiro atoms. The Balaban J connectivity index is 2.38. The number of hydrogen-bond acceptors (Lipinski definition) is 4. The second-order valence-electron chi connectivity index (χ2n) is 4.57. The number of methoxy groups -OCH3 is 2. The lowest BCUT2D eigenvalue weighted by Gasteiger charge is -2.19. The van der Waals surface area contributed by atoms with Crippen LogP contribution in [-0.4, -0.2) is 45.3 Å². The fourth-order valence-electron chi connectivity index (χ4n) is 2.57. The molecule has 1 saturated heterocycles. The fourth-order valence-corrected chi connectivity index (χ4v) is 2.57. The van der Waals surface area contributed by atoms with Gasteiger partial charge in [0.2, 0.25) is 0 Å². The Labute approximate surface area is 102 Å². The van der Waals surface area contributed by atoms with E-state index in [1.54, 1.807) is 14.2 Å². The van der Waals surface area contributed by atoms with Gasteiger partial charge in [0, 0.05) is 30.6 Å². The van der Waals surface area contributed by atoms with Gasteiger partial charge < -0.3 is 20.1 Å². The van der Waals surface area contributed by atoms with E-state index < -0.39 is 0 Å². The van der Waals surface area contributed by atoms with Gasteiger partial charge in [0.25, 0.3) is 0 Å². The third-order valence-corrected chi connectivity index (χ3v) is 3.38. The first kappa shape index (κ1) is 12.2. The summed E-state index contributed by atoms with van der Waals surface area (Å²) in [5.74, 6) is 1.89. The lowest BCUT2D eigenvalue weighted by Crippen LogP contribution is -2.28. The van der Waals surface area contributed by atoms with Crippen LogP contribution >= 0.6 is 0 Å². The average Bonchev–Trinajstić information content (AvgIpc) is 2.67. The predicted molar refractivity (Wildman–Crippen MR) is 67.8 cm³/mol. The van der Waals surface area contributed by atoms with Gasteiger partial charge >= 0.3 is 0 Å². The fraction of sp³-hybridized carbons (Fsp3) is 0.538. The van der Waals surface area contributed by atoms with Crippen molar-refractivity contribution < 1.29 is 9.47 Å². The Bertz CT molecular complexity index is 395. The number of rotatable bonds is 3. The first-order valence-corrected chi connectivity index (χ1v) is 5.82. The van der Waals surface area contributed by atoms with Crippen molar-refractivity contribution in [2.75, 3.05) is 34.4 Å². The first-order valence-electron chi connectivity index (χ1n) is 5.82. The van der Waals surface area contributed by atoms with Gasteiger partial charge in [0.15, 0.2) is 11.5 Å². The molecule has 1 aromatic rings. The standard InChI is InChI=1S/C13H20N2O2/c1-15-7-10(11(14)8-15)9-5-4-6-12(16-2)13(9)17-3/h4-6,10-11H,7-8,14H2,1-3H3/t10-,11+/m0/s1. The van der Waals surface area contributed by atoms with Crippen molar-refractivity contribution in [2.24, 2.45) is 5.73 Å². The van der Waals surface area contributed by atoms with Gasteiger partial charge in [-0.2, -0.15) is 0 Å². The average molecular weight is 236 g/mol. The van der Waals surface area contributed by atoms with Gasteiger partial charge in [0.1, 0.15) is 0 Å². The van der Waals surface area contributed by atoms with Crippen LogP contribution in [0.2, 0.25) is 0 Å². The maximum atomic E-state index is 6.18. The van der Waals surface area contributed by atoms with E-state index in [0.717, 1.165) is 30.2 Å². The highest BCUT2D eigenvalue weighted by Gasteiger charge is 2.31. The van der Waals surface area contributed by atoms with E-state index in [4.69, 9.17) is 15.2 Å². The molecule has 1 heterocycles. The Kier molecular flexibility index (Phi) is 3.54. The topological polar surface area (TPSA) is 47.7 Å². The van der Waals surface area contributed by atoms with Gasteiger partial charge in [-0.25, -0.2) is 0 Å². The minimum Gasteiger partial charge on any atom is -0.493 e. The van der Waals surface area contributed by atoms with E-state index in [-0.39, 0.29) is 6.04 Å². The van der Waals surface area contributed by atoms with Gasteiger partial charge in [0.05, 0.1) is 14.2 Å². The minimum absolute atomic E-state index is 0.154. The summed E-state index contributed by atoms with van der Waals surface area (Å²) in [4.78, 5) is 2.24. The summed E-state index contributed by atoms with van der Waals surface area (Å²) >= 11 is 0. The molecule has 4 nitrogen and oxygen atoms in total. The van der Waals surface area contributed by atoms with E-state index in [1.807, 2.05) is 12.1 Å². The molecular weight excluding hydrogens is 216 g/mol. The molecular formula is C13H20N2O2. The molecule has 0 bridgehead atoms. The maximum absolute atomic E-state index is 6.18. The van der Waals surface area contributed by atoms with Crippen molar-refractivity contribution in [3.63, 3.8) is 0 Å². The molecule has 2 rings (SSSR count). The zero-order valence-corrected chi connectivity index (χ0v) is 10.6.